The second kappa shape index (κ2) is 9.04. The fourth-order valence-corrected chi connectivity index (χ4v) is 4.11. The van der Waals surface area contributed by atoms with Crippen LogP contribution in [0.2, 0.25) is 10.0 Å². The summed E-state index contributed by atoms with van der Waals surface area (Å²) in [4.78, 5) is 20.7. The third kappa shape index (κ3) is 4.43. The van der Waals surface area contributed by atoms with Gasteiger partial charge in [-0.15, -0.1) is 0 Å². The first-order valence-electron chi connectivity index (χ1n) is 9.15. The predicted molar refractivity (Wildman–Crippen MR) is 119 cm³/mol. The van der Waals surface area contributed by atoms with Gasteiger partial charge in [-0.25, -0.2) is 4.98 Å². The highest BCUT2D eigenvalue weighted by Gasteiger charge is 2.24. The molecule has 0 aliphatic carbocycles. The van der Waals surface area contributed by atoms with Crippen LogP contribution < -0.4 is 5.32 Å². The van der Waals surface area contributed by atoms with Gasteiger partial charge in [-0.2, -0.15) is 0 Å². The standard InChI is InChI=1S/C21H17Cl2N3O3S/c1-2-17(20(27)24-14-11-12(22)7-8-13(14)23)30-21-25-18(15-5-3-9-28-15)19(26-21)16-6-4-10-29-16/h3-11,17H,2H2,1H3,(H,24,27)(H,25,26). The summed E-state index contributed by atoms with van der Waals surface area (Å²) in [6.45, 7) is 1.93. The molecule has 1 atom stereocenters. The van der Waals surface area contributed by atoms with Gasteiger partial charge >= 0.3 is 0 Å². The molecule has 0 radical (unpaired) electrons. The van der Waals surface area contributed by atoms with Crippen molar-refractivity contribution in [2.45, 2.75) is 23.8 Å². The molecule has 0 spiro atoms. The first-order valence-corrected chi connectivity index (χ1v) is 10.8. The van der Waals surface area contributed by atoms with E-state index in [0.717, 1.165) is 0 Å². The van der Waals surface area contributed by atoms with Crippen LogP contribution in [0.15, 0.2) is 69.0 Å². The van der Waals surface area contributed by atoms with Crippen LogP contribution in [0.4, 0.5) is 5.69 Å². The van der Waals surface area contributed by atoms with E-state index in [1.807, 2.05) is 19.1 Å². The maximum Gasteiger partial charge on any atom is 0.238 e. The molecule has 2 N–H and O–H groups in total. The third-order valence-corrected chi connectivity index (χ3v) is 6.12. The number of carbonyl (C=O) groups excluding carboxylic acids is 1. The van der Waals surface area contributed by atoms with Gasteiger partial charge in [0.05, 0.1) is 28.5 Å². The Morgan fingerprint density at radius 2 is 1.90 bits per heavy atom. The molecule has 4 rings (SSSR count). The molecule has 30 heavy (non-hydrogen) atoms. The lowest BCUT2D eigenvalue weighted by Crippen LogP contribution is -2.24. The molecule has 4 aromatic rings. The van der Waals surface area contributed by atoms with Crippen molar-refractivity contribution in [1.82, 2.24) is 9.97 Å². The molecule has 1 aromatic carbocycles. The van der Waals surface area contributed by atoms with E-state index >= 15 is 0 Å². The van der Waals surface area contributed by atoms with Crippen LogP contribution in [-0.2, 0) is 4.79 Å². The third-order valence-electron chi connectivity index (χ3n) is 4.31. The summed E-state index contributed by atoms with van der Waals surface area (Å²) in [7, 11) is 0. The van der Waals surface area contributed by atoms with Gasteiger partial charge in [0.1, 0.15) is 11.4 Å². The molecule has 3 heterocycles. The van der Waals surface area contributed by atoms with Crippen molar-refractivity contribution in [3.63, 3.8) is 0 Å². The molecule has 3 aromatic heterocycles. The van der Waals surface area contributed by atoms with E-state index in [4.69, 9.17) is 32.0 Å². The molecule has 0 bridgehead atoms. The van der Waals surface area contributed by atoms with E-state index < -0.39 is 5.25 Å². The number of hydrogen-bond donors (Lipinski definition) is 2. The lowest BCUT2D eigenvalue weighted by molar-refractivity contribution is -0.115. The van der Waals surface area contributed by atoms with Crippen molar-refractivity contribution in [2.24, 2.45) is 0 Å². The van der Waals surface area contributed by atoms with E-state index in [1.165, 1.54) is 11.8 Å². The summed E-state index contributed by atoms with van der Waals surface area (Å²) >= 11 is 13.5. The Morgan fingerprint density at radius 1 is 1.17 bits per heavy atom. The number of anilines is 1. The first-order chi connectivity index (χ1) is 14.5. The quantitative estimate of drug-likeness (QED) is 0.297. The number of furan rings is 2. The fraction of sp³-hybridized carbons (Fsp3) is 0.143. The zero-order valence-corrected chi connectivity index (χ0v) is 18.1. The van der Waals surface area contributed by atoms with Crippen molar-refractivity contribution in [3.05, 3.63) is 65.0 Å². The Hall–Kier alpha value is -2.61. The highest BCUT2D eigenvalue weighted by Crippen LogP contribution is 2.35. The molecule has 1 amide bonds. The van der Waals surface area contributed by atoms with Crippen molar-refractivity contribution in [1.29, 1.82) is 0 Å². The highest BCUT2D eigenvalue weighted by atomic mass is 35.5. The number of aromatic amines is 1. The lowest BCUT2D eigenvalue weighted by atomic mass is 10.2. The van der Waals surface area contributed by atoms with Gasteiger partial charge in [0.15, 0.2) is 16.7 Å². The number of carbonyl (C=O) groups is 1. The Kier molecular flexibility index (Phi) is 6.22. The Balaban J connectivity index is 1.58. The Morgan fingerprint density at radius 3 is 2.57 bits per heavy atom. The van der Waals surface area contributed by atoms with Gasteiger partial charge in [-0.1, -0.05) is 41.9 Å². The lowest BCUT2D eigenvalue weighted by Gasteiger charge is -2.14. The van der Waals surface area contributed by atoms with E-state index in [9.17, 15) is 4.79 Å². The topological polar surface area (TPSA) is 84.1 Å². The summed E-state index contributed by atoms with van der Waals surface area (Å²) in [5, 5.41) is 3.93. The number of imidazole rings is 1. The number of nitrogens with zero attached hydrogens (tertiary/aromatic N) is 1. The van der Waals surface area contributed by atoms with Crippen LogP contribution in [0.25, 0.3) is 22.9 Å². The second-order valence-electron chi connectivity index (χ2n) is 6.35. The van der Waals surface area contributed by atoms with Crippen LogP contribution in [0.3, 0.4) is 0 Å². The summed E-state index contributed by atoms with van der Waals surface area (Å²) in [6, 6.07) is 12.2. The van der Waals surface area contributed by atoms with Crippen LogP contribution in [-0.4, -0.2) is 21.1 Å². The van der Waals surface area contributed by atoms with Gasteiger partial charge in [0.2, 0.25) is 5.91 Å². The second-order valence-corrected chi connectivity index (χ2v) is 8.38. The Bertz CT molecular complexity index is 1090. The molecule has 9 heteroatoms. The van der Waals surface area contributed by atoms with E-state index in [1.54, 1.807) is 42.9 Å². The van der Waals surface area contributed by atoms with Crippen molar-refractivity contribution in [2.75, 3.05) is 5.32 Å². The molecule has 0 saturated carbocycles. The zero-order valence-electron chi connectivity index (χ0n) is 15.8. The maximum absolute atomic E-state index is 12.8. The highest BCUT2D eigenvalue weighted by molar-refractivity contribution is 8.00. The Labute approximate surface area is 187 Å². The van der Waals surface area contributed by atoms with Crippen LogP contribution >= 0.6 is 35.0 Å². The molecular weight excluding hydrogens is 445 g/mol. The first kappa shape index (κ1) is 20.7. The summed E-state index contributed by atoms with van der Waals surface area (Å²) in [6.07, 6.45) is 3.76. The molecular formula is C21H17Cl2N3O3S. The van der Waals surface area contributed by atoms with E-state index in [-0.39, 0.29) is 5.91 Å². The fourth-order valence-electron chi connectivity index (χ4n) is 2.86. The van der Waals surface area contributed by atoms with Crippen LogP contribution in [0.1, 0.15) is 13.3 Å². The number of nitrogens with one attached hydrogen (secondary N) is 2. The van der Waals surface area contributed by atoms with E-state index in [2.05, 4.69) is 15.3 Å². The number of benzene rings is 1. The minimum atomic E-state index is -0.403. The number of aromatic nitrogens is 2. The number of thioether (sulfide) groups is 1. The smallest absolute Gasteiger partial charge is 0.238 e. The zero-order chi connectivity index (χ0) is 21.1. The van der Waals surface area contributed by atoms with Crippen molar-refractivity contribution in [3.8, 4) is 22.9 Å². The van der Waals surface area contributed by atoms with Crippen LogP contribution in [0, 0.1) is 0 Å². The molecule has 1 unspecified atom stereocenters. The number of hydrogen-bond acceptors (Lipinski definition) is 5. The summed E-state index contributed by atoms with van der Waals surface area (Å²) < 4.78 is 11.0. The minimum Gasteiger partial charge on any atom is -0.463 e. The monoisotopic (exact) mass is 461 g/mol. The summed E-state index contributed by atoms with van der Waals surface area (Å²) in [5.41, 5.74) is 1.77. The molecule has 0 aliphatic heterocycles. The molecule has 6 nitrogen and oxygen atoms in total. The van der Waals surface area contributed by atoms with Gasteiger partial charge in [0, 0.05) is 5.02 Å². The van der Waals surface area contributed by atoms with Crippen LogP contribution in [0.5, 0.6) is 0 Å². The molecule has 0 aliphatic rings. The largest absolute Gasteiger partial charge is 0.463 e. The summed E-state index contributed by atoms with van der Waals surface area (Å²) in [5.74, 6) is 1.04. The van der Waals surface area contributed by atoms with Gasteiger partial charge < -0.3 is 19.1 Å². The van der Waals surface area contributed by atoms with Gasteiger partial charge in [-0.3, -0.25) is 4.79 Å². The van der Waals surface area contributed by atoms with Gasteiger partial charge in [0.25, 0.3) is 0 Å². The molecule has 0 saturated heterocycles. The predicted octanol–water partition coefficient (Wildman–Crippen LogP) is 6.75. The SMILES string of the molecule is CCC(Sc1nc(-c2ccco2)c(-c2ccco2)[nH]1)C(=O)Nc1cc(Cl)ccc1Cl. The van der Waals surface area contributed by atoms with E-state index in [0.29, 0.717) is 50.2 Å². The molecule has 0 fully saturated rings. The minimum absolute atomic E-state index is 0.192. The number of H-pyrrole nitrogens is 1. The average molecular weight is 462 g/mol. The number of halogens is 2. The number of amides is 1. The number of rotatable bonds is 7. The van der Waals surface area contributed by atoms with Crippen molar-refractivity contribution < 1.29 is 13.6 Å². The average Bonchev–Trinajstić information content (AvgIpc) is 3.49. The normalized spacial score (nSPS) is 12.1. The van der Waals surface area contributed by atoms with Gasteiger partial charge in [-0.05, 0) is 48.9 Å². The molecule has 154 valence electrons. The van der Waals surface area contributed by atoms with Crippen molar-refractivity contribution >= 4 is 46.6 Å². The maximum atomic E-state index is 12.8.